The topological polar surface area (TPSA) is 86.7 Å². The number of anilines is 1. The summed E-state index contributed by atoms with van der Waals surface area (Å²) in [5, 5.41) is 0. The Labute approximate surface area is 181 Å². The summed E-state index contributed by atoms with van der Waals surface area (Å²) in [6, 6.07) is 4.53. The predicted octanol–water partition coefficient (Wildman–Crippen LogP) is 1.83. The molecule has 0 bridgehead atoms. The molecule has 3 amide bonds. The Kier molecular flexibility index (Phi) is 5.81. The van der Waals surface area contributed by atoms with Crippen molar-refractivity contribution in [3.8, 4) is 0 Å². The first kappa shape index (κ1) is 21.7. The second kappa shape index (κ2) is 8.56. The SMILES string of the molecule is O=C(c1cnccn1)N1CCN(C(=O)C2CC(=O)N(c3cccc(C(F)(F)F)c3)C2)CC1. The normalized spacial score (nSPS) is 19.4. The molecule has 2 aliphatic rings. The van der Waals surface area contributed by atoms with Gasteiger partial charge in [0, 0.05) is 57.2 Å². The van der Waals surface area contributed by atoms with Crippen LogP contribution in [0.25, 0.3) is 0 Å². The average Bonchev–Trinajstić information content (AvgIpc) is 3.20. The van der Waals surface area contributed by atoms with Gasteiger partial charge >= 0.3 is 6.18 Å². The number of alkyl halides is 3. The van der Waals surface area contributed by atoms with Gasteiger partial charge in [-0.3, -0.25) is 19.4 Å². The van der Waals surface area contributed by atoms with Gasteiger partial charge in [0.15, 0.2) is 0 Å². The number of nitrogens with zero attached hydrogens (tertiary/aromatic N) is 5. The van der Waals surface area contributed by atoms with Crippen LogP contribution in [0.2, 0.25) is 0 Å². The Balaban J connectivity index is 1.37. The van der Waals surface area contributed by atoms with Crippen molar-refractivity contribution in [1.82, 2.24) is 19.8 Å². The van der Waals surface area contributed by atoms with Crippen LogP contribution in [-0.2, 0) is 15.8 Å². The van der Waals surface area contributed by atoms with Crippen LogP contribution in [0.4, 0.5) is 18.9 Å². The third-order valence-corrected chi connectivity index (χ3v) is 5.62. The van der Waals surface area contributed by atoms with Crippen molar-refractivity contribution in [2.45, 2.75) is 12.6 Å². The number of hydrogen-bond acceptors (Lipinski definition) is 5. The van der Waals surface area contributed by atoms with Gasteiger partial charge in [0.05, 0.1) is 17.7 Å². The summed E-state index contributed by atoms with van der Waals surface area (Å²) in [6.07, 6.45) is -0.296. The van der Waals surface area contributed by atoms with Gasteiger partial charge in [0.2, 0.25) is 11.8 Å². The summed E-state index contributed by atoms with van der Waals surface area (Å²) in [5.74, 6) is -1.53. The van der Waals surface area contributed by atoms with E-state index in [1.54, 1.807) is 9.80 Å². The lowest BCUT2D eigenvalue weighted by Gasteiger charge is -2.35. The molecule has 0 spiro atoms. The standard InChI is InChI=1S/C21H20F3N5O3/c22-21(23,24)15-2-1-3-16(11-15)29-13-14(10-18(29)30)19(31)27-6-8-28(9-7-27)20(32)17-12-25-4-5-26-17/h1-5,11-12,14H,6-10,13H2. The maximum absolute atomic E-state index is 13.0. The fourth-order valence-electron chi connectivity index (χ4n) is 3.93. The lowest BCUT2D eigenvalue weighted by Crippen LogP contribution is -2.52. The molecule has 11 heteroatoms. The molecule has 1 atom stereocenters. The van der Waals surface area contributed by atoms with Crippen molar-refractivity contribution in [2.24, 2.45) is 5.92 Å². The number of hydrogen-bond donors (Lipinski definition) is 0. The van der Waals surface area contributed by atoms with Gasteiger partial charge in [-0.1, -0.05) is 6.07 Å². The Morgan fingerprint density at radius 3 is 2.41 bits per heavy atom. The lowest BCUT2D eigenvalue weighted by molar-refractivity contribution is -0.138. The number of piperazine rings is 1. The monoisotopic (exact) mass is 447 g/mol. The molecule has 1 unspecified atom stereocenters. The van der Waals surface area contributed by atoms with Crippen molar-refractivity contribution in [1.29, 1.82) is 0 Å². The zero-order valence-electron chi connectivity index (χ0n) is 17.0. The molecule has 0 saturated carbocycles. The molecule has 32 heavy (non-hydrogen) atoms. The van der Waals surface area contributed by atoms with E-state index in [9.17, 15) is 27.6 Å². The Morgan fingerprint density at radius 1 is 1.03 bits per heavy atom. The smallest absolute Gasteiger partial charge is 0.339 e. The summed E-state index contributed by atoms with van der Waals surface area (Å²) in [5.41, 5.74) is -0.494. The van der Waals surface area contributed by atoms with Crippen molar-refractivity contribution < 1.29 is 27.6 Å². The molecule has 1 aromatic heterocycles. The second-order valence-corrected chi connectivity index (χ2v) is 7.66. The van der Waals surface area contributed by atoms with Crippen LogP contribution in [0.15, 0.2) is 42.9 Å². The van der Waals surface area contributed by atoms with Gasteiger partial charge in [-0.05, 0) is 18.2 Å². The largest absolute Gasteiger partial charge is 0.416 e. The first-order valence-corrected chi connectivity index (χ1v) is 10.1. The highest BCUT2D eigenvalue weighted by Crippen LogP contribution is 2.33. The molecule has 0 aliphatic carbocycles. The van der Waals surface area contributed by atoms with Gasteiger partial charge < -0.3 is 14.7 Å². The molecule has 2 aromatic rings. The number of carbonyl (C=O) groups is 3. The number of rotatable bonds is 3. The van der Waals surface area contributed by atoms with Crippen LogP contribution in [0.5, 0.6) is 0 Å². The van der Waals surface area contributed by atoms with Gasteiger partial charge in [0.25, 0.3) is 5.91 Å². The molecule has 1 aromatic carbocycles. The molecule has 168 valence electrons. The Morgan fingerprint density at radius 2 is 1.75 bits per heavy atom. The van der Waals surface area contributed by atoms with Gasteiger partial charge in [-0.2, -0.15) is 13.2 Å². The van der Waals surface area contributed by atoms with Crippen LogP contribution in [0, 0.1) is 5.92 Å². The molecule has 3 heterocycles. The van der Waals surface area contributed by atoms with Crippen LogP contribution in [0.3, 0.4) is 0 Å². The number of amides is 3. The highest BCUT2D eigenvalue weighted by Gasteiger charge is 2.39. The molecular formula is C21H20F3N5O3. The molecule has 4 rings (SSSR count). The first-order chi connectivity index (χ1) is 15.2. The van der Waals surface area contributed by atoms with Crippen LogP contribution < -0.4 is 4.90 Å². The molecule has 8 nitrogen and oxygen atoms in total. The van der Waals surface area contributed by atoms with E-state index in [1.807, 2.05) is 0 Å². The zero-order valence-corrected chi connectivity index (χ0v) is 17.0. The van der Waals surface area contributed by atoms with Gasteiger partial charge in [-0.25, -0.2) is 4.98 Å². The number of halogens is 3. The second-order valence-electron chi connectivity index (χ2n) is 7.66. The third-order valence-electron chi connectivity index (χ3n) is 5.62. The van der Waals surface area contributed by atoms with Crippen LogP contribution in [0.1, 0.15) is 22.5 Å². The molecule has 0 N–H and O–H groups in total. The molecular weight excluding hydrogens is 427 g/mol. The third kappa shape index (κ3) is 4.41. The number of carbonyl (C=O) groups excluding carboxylic acids is 3. The summed E-state index contributed by atoms with van der Waals surface area (Å²) >= 11 is 0. The Hall–Kier alpha value is -3.50. The molecule has 2 saturated heterocycles. The molecule has 0 radical (unpaired) electrons. The van der Waals surface area contributed by atoms with E-state index in [-0.39, 0.29) is 42.1 Å². The maximum Gasteiger partial charge on any atom is 0.416 e. The van der Waals surface area contributed by atoms with E-state index in [0.29, 0.717) is 26.2 Å². The van der Waals surface area contributed by atoms with E-state index < -0.39 is 17.7 Å². The fraction of sp³-hybridized carbons (Fsp3) is 0.381. The average molecular weight is 447 g/mol. The zero-order chi connectivity index (χ0) is 22.9. The van der Waals surface area contributed by atoms with Gasteiger partial charge in [-0.15, -0.1) is 0 Å². The summed E-state index contributed by atoms with van der Waals surface area (Å²) in [7, 11) is 0. The highest BCUT2D eigenvalue weighted by molar-refractivity contribution is 6.00. The Bertz CT molecular complexity index is 1020. The van der Waals surface area contributed by atoms with Crippen molar-refractivity contribution in [3.63, 3.8) is 0 Å². The minimum atomic E-state index is -4.52. The number of benzene rings is 1. The molecule has 2 fully saturated rings. The number of aromatic nitrogens is 2. The van der Waals surface area contributed by atoms with E-state index in [0.717, 1.165) is 12.1 Å². The van der Waals surface area contributed by atoms with E-state index in [2.05, 4.69) is 9.97 Å². The fourth-order valence-corrected chi connectivity index (χ4v) is 3.93. The highest BCUT2D eigenvalue weighted by atomic mass is 19.4. The summed E-state index contributed by atoms with van der Waals surface area (Å²) in [4.78, 5) is 50.1. The predicted molar refractivity (Wildman–Crippen MR) is 106 cm³/mol. The van der Waals surface area contributed by atoms with Crippen LogP contribution in [-0.4, -0.2) is 70.2 Å². The van der Waals surface area contributed by atoms with E-state index in [1.165, 1.54) is 35.6 Å². The van der Waals surface area contributed by atoms with Crippen molar-refractivity contribution in [2.75, 3.05) is 37.6 Å². The minimum Gasteiger partial charge on any atom is -0.339 e. The minimum absolute atomic E-state index is 0.0255. The quantitative estimate of drug-likeness (QED) is 0.717. The maximum atomic E-state index is 13.0. The van der Waals surface area contributed by atoms with Crippen LogP contribution >= 0.6 is 0 Å². The first-order valence-electron chi connectivity index (χ1n) is 10.1. The summed E-state index contributed by atoms with van der Waals surface area (Å²) in [6.45, 7) is 1.27. The van der Waals surface area contributed by atoms with Crippen molar-refractivity contribution >= 4 is 23.4 Å². The molecule has 2 aliphatic heterocycles. The van der Waals surface area contributed by atoms with E-state index in [4.69, 9.17) is 0 Å². The summed E-state index contributed by atoms with van der Waals surface area (Å²) < 4.78 is 39.0. The van der Waals surface area contributed by atoms with Crippen molar-refractivity contribution in [3.05, 3.63) is 54.1 Å². The lowest BCUT2D eigenvalue weighted by atomic mass is 10.1. The van der Waals surface area contributed by atoms with Gasteiger partial charge in [0.1, 0.15) is 5.69 Å². The van der Waals surface area contributed by atoms with E-state index >= 15 is 0 Å².